The van der Waals surface area contributed by atoms with Gasteiger partial charge in [-0.2, -0.15) is 0 Å². The highest BCUT2D eigenvalue weighted by Gasteiger charge is 2.34. The first-order chi connectivity index (χ1) is 18.1. The SMILES string of the molecule is CCNC(=O)[C@H](CC)N(Cc1cccc(C)c1)C(=O)CN(c1cccc(C)c1C)S(=O)(=O)c1ccccc1. The smallest absolute Gasteiger partial charge is 0.264 e. The van der Waals surface area contributed by atoms with Crippen molar-refractivity contribution < 1.29 is 18.0 Å². The fourth-order valence-corrected chi connectivity index (χ4v) is 5.95. The third-order valence-corrected chi connectivity index (χ3v) is 8.40. The molecule has 0 bridgehead atoms. The van der Waals surface area contributed by atoms with E-state index in [0.29, 0.717) is 18.7 Å². The largest absolute Gasteiger partial charge is 0.355 e. The molecule has 38 heavy (non-hydrogen) atoms. The number of carbonyl (C=O) groups excluding carboxylic acids is 2. The summed E-state index contributed by atoms with van der Waals surface area (Å²) in [6.07, 6.45) is 0.387. The van der Waals surface area contributed by atoms with Crippen molar-refractivity contribution in [2.24, 2.45) is 0 Å². The molecule has 3 rings (SSSR count). The predicted molar refractivity (Wildman–Crippen MR) is 151 cm³/mol. The quantitative estimate of drug-likeness (QED) is 0.384. The van der Waals surface area contributed by atoms with Crippen LogP contribution in [-0.2, 0) is 26.2 Å². The molecular formula is C30H37N3O4S. The molecule has 0 saturated heterocycles. The van der Waals surface area contributed by atoms with Gasteiger partial charge in [-0.1, -0.05) is 67.1 Å². The Kier molecular flexibility index (Phi) is 9.69. The van der Waals surface area contributed by atoms with Gasteiger partial charge < -0.3 is 10.2 Å². The second-order valence-corrected chi connectivity index (χ2v) is 11.2. The van der Waals surface area contributed by atoms with E-state index in [9.17, 15) is 18.0 Å². The van der Waals surface area contributed by atoms with Crippen LogP contribution in [0.4, 0.5) is 5.69 Å². The van der Waals surface area contributed by atoms with Gasteiger partial charge >= 0.3 is 0 Å². The minimum Gasteiger partial charge on any atom is -0.355 e. The van der Waals surface area contributed by atoms with E-state index in [1.807, 2.05) is 65.0 Å². The van der Waals surface area contributed by atoms with E-state index in [1.165, 1.54) is 21.3 Å². The third kappa shape index (κ3) is 6.61. The summed E-state index contributed by atoms with van der Waals surface area (Å²) in [5.41, 5.74) is 4.01. The Balaban J connectivity index is 2.10. The Morgan fingerprint density at radius 1 is 0.895 bits per heavy atom. The molecule has 0 spiro atoms. The summed E-state index contributed by atoms with van der Waals surface area (Å²) in [7, 11) is -4.08. The Labute approximate surface area is 226 Å². The Morgan fingerprint density at radius 3 is 2.21 bits per heavy atom. The maximum Gasteiger partial charge on any atom is 0.264 e. The molecule has 0 aromatic heterocycles. The second-order valence-electron chi connectivity index (χ2n) is 9.37. The number of anilines is 1. The molecule has 0 radical (unpaired) electrons. The first kappa shape index (κ1) is 28.9. The van der Waals surface area contributed by atoms with Crippen LogP contribution in [0.3, 0.4) is 0 Å². The van der Waals surface area contributed by atoms with Crippen molar-refractivity contribution in [2.45, 2.75) is 58.5 Å². The molecule has 3 aromatic carbocycles. The van der Waals surface area contributed by atoms with Gasteiger partial charge in [-0.3, -0.25) is 13.9 Å². The zero-order chi connectivity index (χ0) is 27.9. The first-order valence-corrected chi connectivity index (χ1v) is 14.3. The average molecular weight is 536 g/mol. The summed E-state index contributed by atoms with van der Waals surface area (Å²) in [5, 5.41) is 2.82. The molecule has 2 amide bonds. The first-order valence-electron chi connectivity index (χ1n) is 12.9. The number of benzene rings is 3. The van der Waals surface area contributed by atoms with Gasteiger partial charge in [-0.05, 0) is 69.0 Å². The third-order valence-electron chi connectivity index (χ3n) is 6.63. The van der Waals surface area contributed by atoms with E-state index >= 15 is 0 Å². The highest BCUT2D eigenvalue weighted by Crippen LogP contribution is 2.29. The molecule has 0 aliphatic carbocycles. The van der Waals surface area contributed by atoms with Gasteiger partial charge in [0.1, 0.15) is 12.6 Å². The Morgan fingerprint density at radius 2 is 1.58 bits per heavy atom. The lowest BCUT2D eigenvalue weighted by molar-refractivity contribution is -0.140. The van der Waals surface area contributed by atoms with Gasteiger partial charge in [0.15, 0.2) is 0 Å². The van der Waals surface area contributed by atoms with Gasteiger partial charge in [0.25, 0.3) is 10.0 Å². The summed E-state index contributed by atoms with van der Waals surface area (Å²) >= 11 is 0. The molecule has 0 aliphatic rings. The monoisotopic (exact) mass is 535 g/mol. The van der Waals surface area contributed by atoms with Crippen LogP contribution in [0, 0.1) is 20.8 Å². The highest BCUT2D eigenvalue weighted by atomic mass is 32.2. The van der Waals surface area contributed by atoms with E-state index in [4.69, 9.17) is 0 Å². The molecule has 202 valence electrons. The molecule has 7 nitrogen and oxygen atoms in total. The topological polar surface area (TPSA) is 86.8 Å². The van der Waals surface area contributed by atoms with Crippen LogP contribution in [-0.4, -0.2) is 44.3 Å². The van der Waals surface area contributed by atoms with Crippen molar-refractivity contribution >= 4 is 27.5 Å². The van der Waals surface area contributed by atoms with Crippen molar-refractivity contribution in [3.05, 3.63) is 95.1 Å². The maximum atomic E-state index is 14.0. The Hall–Kier alpha value is -3.65. The summed E-state index contributed by atoms with van der Waals surface area (Å²) in [5.74, 6) is -0.717. The van der Waals surface area contributed by atoms with E-state index < -0.39 is 28.5 Å². The number of aryl methyl sites for hydroxylation is 2. The van der Waals surface area contributed by atoms with Crippen LogP contribution in [0.15, 0.2) is 77.7 Å². The number of sulfonamides is 1. The minimum atomic E-state index is -4.08. The maximum absolute atomic E-state index is 14.0. The minimum absolute atomic E-state index is 0.0923. The summed E-state index contributed by atoms with van der Waals surface area (Å²) in [6.45, 7) is 9.55. The number of carbonyl (C=O) groups is 2. The summed E-state index contributed by atoms with van der Waals surface area (Å²) < 4.78 is 29.0. The van der Waals surface area contributed by atoms with E-state index in [2.05, 4.69) is 5.32 Å². The fourth-order valence-electron chi connectivity index (χ4n) is 4.46. The zero-order valence-corrected chi connectivity index (χ0v) is 23.6. The molecule has 1 N–H and O–H groups in total. The Bertz CT molecular complexity index is 1370. The highest BCUT2D eigenvalue weighted by molar-refractivity contribution is 7.92. The van der Waals surface area contributed by atoms with Crippen molar-refractivity contribution in [3.8, 4) is 0 Å². The number of nitrogens with one attached hydrogen (secondary N) is 1. The van der Waals surface area contributed by atoms with Crippen molar-refractivity contribution in [1.82, 2.24) is 10.2 Å². The van der Waals surface area contributed by atoms with Gasteiger partial charge in [0.2, 0.25) is 11.8 Å². The summed E-state index contributed by atoms with van der Waals surface area (Å²) in [6, 6.07) is 20.5. The predicted octanol–water partition coefficient (Wildman–Crippen LogP) is 4.75. The van der Waals surface area contributed by atoms with E-state index in [0.717, 1.165) is 22.3 Å². The lowest BCUT2D eigenvalue weighted by atomic mass is 10.1. The van der Waals surface area contributed by atoms with E-state index in [-0.39, 0.29) is 17.3 Å². The molecule has 0 heterocycles. The lowest BCUT2D eigenvalue weighted by Crippen LogP contribution is -2.52. The molecule has 0 aliphatic heterocycles. The zero-order valence-electron chi connectivity index (χ0n) is 22.8. The second kappa shape index (κ2) is 12.7. The van der Waals surface area contributed by atoms with Crippen LogP contribution < -0.4 is 9.62 Å². The molecule has 0 unspecified atom stereocenters. The van der Waals surface area contributed by atoms with Gasteiger partial charge in [0.05, 0.1) is 10.6 Å². The molecule has 3 aromatic rings. The van der Waals surface area contributed by atoms with Crippen LogP contribution in [0.2, 0.25) is 0 Å². The summed E-state index contributed by atoms with van der Waals surface area (Å²) in [4.78, 5) is 28.6. The normalized spacial score (nSPS) is 12.0. The van der Waals surface area contributed by atoms with Gasteiger partial charge in [0, 0.05) is 13.1 Å². The molecule has 1 atom stereocenters. The number of rotatable bonds is 11. The molecular weight excluding hydrogens is 498 g/mol. The molecule has 8 heteroatoms. The van der Waals surface area contributed by atoms with Crippen LogP contribution >= 0.6 is 0 Å². The number of likely N-dealkylation sites (N-methyl/N-ethyl adjacent to an activating group) is 1. The number of amides is 2. The van der Waals surface area contributed by atoms with Crippen LogP contribution in [0.25, 0.3) is 0 Å². The van der Waals surface area contributed by atoms with E-state index in [1.54, 1.807) is 30.3 Å². The standard InChI is InChI=1S/C30H37N3O4S/c1-6-27(30(35)31-7-2)32(20-25-15-11-13-22(3)19-25)29(34)21-33(28-18-12-14-23(4)24(28)5)38(36,37)26-16-9-8-10-17-26/h8-19,27H,6-7,20-21H2,1-5H3,(H,31,35)/t27-/m0/s1. The number of nitrogens with zero attached hydrogens (tertiary/aromatic N) is 2. The van der Waals surface area contributed by atoms with Gasteiger partial charge in [-0.15, -0.1) is 0 Å². The number of hydrogen-bond acceptors (Lipinski definition) is 4. The van der Waals surface area contributed by atoms with Crippen LogP contribution in [0.5, 0.6) is 0 Å². The van der Waals surface area contributed by atoms with Crippen molar-refractivity contribution in [2.75, 3.05) is 17.4 Å². The van der Waals surface area contributed by atoms with Crippen molar-refractivity contribution in [1.29, 1.82) is 0 Å². The van der Waals surface area contributed by atoms with Crippen LogP contribution in [0.1, 0.15) is 42.5 Å². The molecule has 0 saturated carbocycles. The fraction of sp³-hybridized carbons (Fsp3) is 0.333. The van der Waals surface area contributed by atoms with Crippen molar-refractivity contribution in [3.63, 3.8) is 0 Å². The number of hydrogen-bond donors (Lipinski definition) is 1. The average Bonchev–Trinajstić information content (AvgIpc) is 2.89. The molecule has 0 fully saturated rings. The van der Waals surface area contributed by atoms with Gasteiger partial charge in [-0.25, -0.2) is 8.42 Å². The lowest BCUT2D eigenvalue weighted by Gasteiger charge is -2.33.